The Morgan fingerprint density at radius 2 is 1.94 bits per heavy atom. The molecule has 0 N–H and O–H groups in total. The van der Waals surface area contributed by atoms with Crippen LogP contribution in [-0.4, -0.2) is 105 Å². The molecule has 10 nitrogen and oxygen atoms in total. The topological polar surface area (TPSA) is 97.6 Å². The van der Waals surface area contributed by atoms with Crippen LogP contribution in [0.5, 0.6) is 11.5 Å². The van der Waals surface area contributed by atoms with E-state index in [-0.39, 0.29) is 30.0 Å². The second kappa shape index (κ2) is 11.5. The Labute approximate surface area is 205 Å². The third-order valence-corrected chi connectivity index (χ3v) is 6.59. The summed E-state index contributed by atoms with van der Waals surface area (Å²) in [7, 11) is 5.19. The molecule has 2 aliphatic heterocycles. The number of methoxy groups -OCH3 is 2. The fourth-order valence-electron chi connectivity index (χ4n) is 4.43. The van der Waals surface area contributed by atoms with E-state index in [0.717, 1.165) is 25.9 Å². The number of hydrogen-bond acceptors (Lipinski definition) is 8. The first-order chi connectivity index (χ1) is 17.0. The zero-order valence-corrected chi connectivity index (χ0v) is 20.7. The third kappa shape index (κ3) is 6.12. The number of rotatable bonds is 9. The van der Waals surface area contributed by atoms with Crippen molar-refractivity contribution >= 4 is 11.8 Å². The molecule has 1 atom stereocenters. The minimum atomic E-state index is -0.288. The van der Waals surface area contributed by atoms with Crippen LogP contribution in [0, 0.1) is 0 Å². The summed E-state index contributed by atoms with van der Waals surface area (Å²) in [5.41, 5.74) is 0.809. The number of carbonyl (C=O) groups is 2. The summed E-state index contributed by atoms with van der Waals surface area (Å²) in [6.07, 6.45) is 2.08. The number of aromatic nitrogens is 1. The molecule has 2 amide bonds. The summed E-state index contributed by atoms with van der Waals surface area (Å²) in [4.78, 5) is 32.0. The highest BCUT2D eigenvalue weighted by Gasteiger charge is 2.28. The zero-order chi connectivity index (χ0) is 24.8. The van der Waals surface area contributed by atoms with Gasteiger partial charge in [-0.3, -0.25) is 9.59 Å². The lowest BCUT2D eigenvalue weighted by Gasteiger charge is -2.33. The molecule has 35 heavy (non-hydrogen) atoms. The summed E-state index contributed by atoms with van der Waals surface area (Å²) in [6.45, 7) is 4.55. The van der Waals surface area contributed by atoms with Crippen molar-refractivity contribution in [1.82, 2.24) is 19.9 Å². The molecule has 2 aliphatic rings. The second-order valence-electron chi connectivity index (χ2n) is 8.96. The highest BCUT2D eigenvalue weighted by molar-refractivity contribution is 5.93. The largest absolute Gasteiger partial charge is 0.497 e. The van der Waals surface area contributed by atoms with Crippen LogP contribution >= 0.6 is 0 Å². The number of carbonyl (C=O) groups excluding carboxylic acids is 2. The lowest BCUT2D eigenvalue weighted by Crippen LogP contribution is -2.48. The van der Waals surface area contributed by atoms with E-state index in [2.05, 4.69) is 17.1 Å². The van der Waals surface area contributed by atoms with Gasteiger partial charge in [0.05, 0.1) is 25.9 Å². The van der Waals surface area contributed by atoms with Crippen LogP contribution in [0.15, 0.2) is 28.8 Å². The van der Waals surface area contributed by atoms with E-state index in [1.807, 2.05) is 4.90 Å². The van der Waals surface area contributed by atoms with Crippen LogP contribution in [0.3, 0.4) is 0 Å². The van der Waals surface area contributed by atoms with E-state index in [1.54, 1.807) is 43.4 Å². The molecule has 190 valence electrons. The molecule has 0 aliphatic carbocycles. The minimum Gasteiger partial charge on any atom is -0.497 e. The minimum absolute atomic E-state index is 0.0393. The average Bonchev–Trinajstić information content (AvgIpc) is 3.58. The van der Waals surface area contributed by atoms with Crippen LogP contribution in [0.1, 0.15) is 29.8 Å². The van der Waals surface area contributed by atoms with Crippen LogP contribution in [0.2, 0.25) is 0 Å². The fraction of sp³-hybridized carbons (Fsp3) is 0.560. The van der Waals surface area contributed by atoms with Crippen LogP contribution in [0.4, 0.5) is 0 Å². The molecule has 10 heteroatoms. The molecule has 1 aromatic carbocycles. The Bertz CT molecular complexity index is 1010. The number of benzene rings is 1. The predicted octanol–water partition coefficient (Wildman–Crippen LogP) is 2.14. The highest BCUT2D eigenvalue weighted by Crippen LogP contribution is 2.34. The van der Waals surface area contributed by atoms with Gasteiger partial charge >= 0.3 is 0 Å². The molecule has 0 radical (unpaired) electrons. The Morgan fingerprint density at radius 1 is 1.14 bits per heavy atom. The lowest BCUT2D eigenvalue weighted by atomic mass is 10.1. The van der Waals surface area contributed by atoms with Crippen molar-refractivity contribution < 1.29 is 28.3 Å². The fourth-order valence-corrected chi connectivity index (χ4v) is 4.43. The van der Waals surface area contributed by atoms with Gasteiger partial charge in [0.15, 0.2) is 11.5 Å². The van der Waals surface area contributed by atoms with Gasteiger partial charge in [-0.1, -0.05) is 5.16 Å². The van der Waals surface area contributed by atoms with Gasteiger partial charge in [-0.05, 0) is 38.1 Å². The number of ether oxygens (including phenoxy) is 3. The number of likely N-dealkylation sites (N-methyl/N-ethyl adjacent to an activating group) is 1. The quantitative estimate of drug-likeness (QED) is 0.532. The number of hydrogen-bond donors (Lipinski definition) is 0. The van der Waals surface area contributed by atoms with Crippen LogP contribution in [-0.2, 0) is 9.53 Å². The van der Waals surface area contributed by atoms with Crippen molar-refractivity contribution in [3.63, 3.8) is 0 Å². The van der Waals surface area contributed by atoms with E-state index < -0.39 is 0 Å². The predicted molar refractivity (Wildman–Crippen MR) is 129 cm³/mol. The molecule has 2 fully saturated rings. The molecule has 2 aromatic rings. The summed E-state index contributed by atoms with van der Waals surface area (Å²) in [6, 6.07) is 6.92. The van der Waals surface area contributed by atoms with Gasteiger partial charge in [-0.15, -0.1) is 0 Å². The lowest BCUT2D eigenvalue weighted by molar-refractivity contribution is -0.133. The molecule has 0 unspecified atom stereocenters. The van der Waals surface area contributed by atoms with E-state index in [9.17, 15) is 9.59 Å². The Morgan fingerprint density at radius 3 is 2.63 bits per heavy atom. The first kappa shape index (κ1) is 25.0. The van der Waals surface area contributed by atoms with E-state index in [1.165, 1.54) is 0 Å². The third-order valence-electron chi connectivity index (χ3n) is 6.59. The summed E-state index contributed by atoms with van der Waals surface area (Å²) in [5, 5.41) is 4.04. The summed E-state index contributed by atoms with van der Waals surface area (Å²) in [5.74, 6) is 1.38. The second-order valence-corrected chi connectivity index (χ2v) is 8.96. The maximum Gasteiger partial charge on any atom is 0.276 e. The van der Waals surface area contributed by atoms with Crippen molar-refractivity contribution in [2.75, 3.05) is 67.1 Å². The van der Waals surface area contributed by atoms with Gasteiger partial charge < -0.3 is 33.4 Å². The van der Waals surface area contributed by atoms with Gasteiger partial charge in [0, 0.05) is 58.4 Å². The van der Waals surface area contributed by atoms with Crippen molar-refractivity contribution in [2.24, 2.45) is 0 Å². The van der Waals surface area contributed by atoms with Crippen molar-refractivity contribution in [2.45, 2.75) is 25.4 Å². The average molecular weight is 487 g/mol. The molecule has 0 saturated carbocycles. The SMILES string of the molecule is COc1ccc(OC)c(-c2cc(C(=O)N(CCC(=O)N3CCN(C)CC3)C[C@@H]3CCCO3)no2)c1. The molecule has 0 spiro atoms. The van der Waals surface area contributed by atoms with E-state index in [4.69, 9.17) is 18.7 Å². The monoisotopic (exact) mass is 486 g/mol. The normalized spacial score (nSPS) is 18.5. The van der Waals surface area contributed by atoms with Gasteiger partial charge in [0.1, 0.15) is 11.5 Å². The smallest absolute Gasteiger partial charge is 0.276 e. The standard InChI is InChI=1S/C25H34N4O6/c1-27-10-12-28(13-11-27)24(30)8-9-29(17-19-5-4-14-34-19)25(31)21-16-23(35-26-21)20-15-18(32-2)6-7-22(20)33-3/h6-7,15-16,19H,4-5,8-14,17H2,1-3H3/t19-/m0/s1. The molecule has 0 bridgehead atoms. The van der Waals surface area contributed by atoms with Gasteiger partial charge in [-0.25, -0.2) is 0 Å². The van der Waals surface area contributed by atoms with Crippen molar-refractivity contribution in [3.8, 4) is 22.8 Å². The first-order valence-corrected chi connectivity index (χ1v) is 12.0. The van der Waals surface area contributed by atoms with Crippen LogP contribution < -0.4 is 9.47 Å². The van der Waals surface area contributed by atoms with E-state index in [0.29, 0.717) is 55.6 Å². The van der Waals surface area contributed by atoms with Crippen molar-refractivity contribution in [3.05, 3.63) is 30.0 Å². The van der Waals surface area contributed by atoms with Crippen molar-refractivity contribution in [1.29, 1.82) is 0 Å². The van der Waals surface area contributed by atoms with Gasteiger partial charge in [-0.2, -0.15) is 0 Å². The summed E-state index contributed by atoms with van der Waals surface area (Å²) >= 11 is 0. The summed E-state index contributed by atoms with van der Waals surface area (Å²) < 4.78 is 22.0. The molecular formula is C25H34N4O6. The molecule has 4 rings (SSSR count). The number of amides is 2. The first-order valence-electron chi connectivity index (χ1n) is 12.0. The Balaban J connectivity index is 1.48. The Kier molecular flexibility index (Phi) is 8.25. The van der Waals surface area contributed by atoms with Crippen LogP contribution in [0.25, 0.3) is 11.3 Å². The molecule has 3 heterocycles. The van der Waals surface area contributed by atoms with Gasteiger partial charge in [0.2, 0.25) is 5.91 Å². The van der Waals surface area contributed by atoms with E-state index >= 15 is 0 Å². The number of nitrogens with zero attached hydrogens (tertiary/aromatic N) is 4. The maximum absolute atomic E-state index is 13.4. The molecule has 1 aromatic heterocycles. The zero-order valence-electron chi connectivity index (χ0n) is 20.7. The highest BCUT2D eigenvalue weighted by atomic mass is 16.5. The van der Waals surface area contributed by atoms with Gasteiger partial charge in [0.25, 0.3) is 5.91 Å². The number of piperazine rings is 1. The molecule has 2 saturated heterocycles. The Hall–Kier alpha value is -3.11. The molecular weight excluding hydrogens is 452 g/mol. The maximum atomic E-state index is 13.4.